The molecule has 0 spiro atoms. The maximum atomic E-state index is 10.8. The molecule has 0 aliphatic rings. The number of nitrogens with zero attached hydrogens (tertiary/aromatic N) is 1. The molecule has 19 heavy (non-hydrogen) atoms. The van der Waals surface area contributed by atoms with Crippen molar-refractivity contribution >= 4 is 11.7 Å². The van der Waals surface area contributed by atoms with Gasteiger partial charge in [-0.1, -0.05) is 0 Å². The smallest absolute Gasteiger partial charge is 0.320 e. The van der Waals surface area contributed by atoms with Crippen LogP contribution >= 0.6 is 0 Å². The number of carboxylic acid groups (broad SMARTS) is 1. The topological polar surface area (TPSA) is 116 Å². The maximum Gasteiger partial charge on any atom is 0.320 e. The maximum absolute atomic E-state index is 10.8. The third kappa shape index (κ3) is 3.92. The van der Waals surface area contributed by atoms with Crippen LogP contribution in [-0.4, -0.2) is 28.6 Å². The first kappa shape index (κ1) is 14.9. The van der Waals surface area contributed by atoms with Gasteiger partial charge in [0.1, 0.15) is 11.8 Å². The van der Waals surface area contributed by atoms with Crippen LogP contribution in [0.25, 0.3) is 0 Å². The van der Waals surface area contributed by atoms with Gasteiger partial charge in [0.15, 0.2) is 0 Å². The molecule has 7 heteroatoms. The molecule has 0 radical (unpaired) electrons. The number of carbonyl (C=O) groups is 1. The van der Waals surface area contributed by atoms with Crippen LogP contribution in [0.4, 0.5) is 5.69 Å². The van der Waals surface area contributed by atoms with Gasteiger partial charge in [0, 0.05) is 12.0 Å². The molecule has 0 saturated heterocycles. The lowest BCUT2D eigenvalue weighted by atomic mass is 10.1. The zero-order chi connectivity index (χ0) is 14.6. The van der Waals surface area contributed by atoms with Gasteiger partial charge in [0.2, 0.25) is 0 Å². The zero-order valence-electron chi connectivity index (χ0n) is 10.8. The summed E-state index contributed by atoms with van der Waals surface area (Å²) in [5.41, 5.74) is 6.62. The number of aliphatic carboxylic acids is 1. The predicted octanol–water partition coefficient (Wildman–Crippen LogP) is 1.39. The van der Waals surface area contributed by atoms with Gasteiger partial charge in [-0.2, -0.15) is 0 Å². The Bertz CT molecular complexity index is 501. The first-order chi connectivity index (χ1) is 8.82. The average molecular weight is 268 g/mol. The standard InChI is InChI=1S/C12H16N2O5/c1-7-5-8(2)11(6-10(7)14(17)18)19-4-3-9(13)12(15)16/h5-6,9H,3-4,13H2,1-2H3,(H,15,16). The van der Waals surface area contributed by atoms with E-state index in [4.69, 9.17) is 15.6 Å². The Kier molecular flexibility index (Phi) is 4.82. The van der Waals surface area contributed by atoms with Gasteiger partial charge >= 0.3 is 5.97 Å². The van der Waals surface area contributed by atoms with E-state index in [1.54, 1.807) is 19.9 Å². The lowest BCUT2D eigenvalue weighted by Crippen LogP contribution is -2.31. The van der Waals surface area contributed by atoms with Crippen molar-refractivity contribution in [3.63, 3.8) is 0 Å². The first-order valence-electron chi connectivity index (χ1n) is 5.69. The minimum atomic E-state index is -1.10. The number of carboxylic acids is 1. The number of hydrogen-bond acceptors (Lipinski definition) is 5. The highest BCUT2D eigenvalue weighted by Crippen LogP contribution is 2.28. The number of ether oxygens (including phenoxy) is 1. The third-order valence-electron chi connectivity index (χ3n) is 2.69. The SMILES string of the molecule is Cc1cc(C)c([N+](=O)[O-])cc1OCCC(N)C(=O)O. The molecule has 0 fully saturated rings. The van der Waals surface area contributed by atoms with E-state index in [0.717, 1.165) is 5.56 Å². The lowest BCUT2D eigenvalue weighted by molar-refractivity contribution is -0.385. The molecule has 0 heterocycles. The Morgan fingerprint density at radius 2 is 2.11 bits per heavy atom. The Morgan fingerprint density at radius 1 is 1.47 bits per heavy atom. The Balaban J connectivity index is 2.76. The van der Waals surface area contributed by atoms with E-state index in [0.29, 0.717) is 11.3 Å². The van der Waals surface area contributed by atoms with Crippen molar-refractivity contribution in [2.24, 2.45) is 5.73 Å². The highest BCUT2D eigenvalue weighted by atomic mass is 16.6. The summed E-state index contributed by atoms with van der Waals surface area (Å²) >= 11 is 0. The summed E-state index contributed by atoms with van der Waals surface area (Å²) in [5.74, 6) is -0.731. The number of nitro benzene ring substituents is 1. The molecule has 0 amide bonds. The third-order valence-corrected chi connectivity index (χ3v) is 2.69. The average Bonchev–Trinajstić information content (AvgIpc) is 2.30. The summed E-state index contributed by atoms with van der Waals surface area (Å²) in [6.07, 6.45) is 0.135. The van der Waals surface area contributed by atoms with Crippen molar-refractivity contribution in [2.75, 3.05) is 6.61 Å². The molecule has 0 aliphatic carbocycles. The number of rotatable bonds is 6. The zero-order valence-corrected chi connectivity index (χ0v) is 10.8. The van der Waals surface area contributed by atoms with Crippen LogP contribution in [0.3, 0.4) is 0 Å². The van der Waals surface area contributed by atoms with Crippen LogP contribution in [-0.2, 0) is 4.79 Å². The van der Waals surface area contributed by atoms with Crippen molar-refractivity contribution in [2.45, 2.75) is 26.3 Å². The summed E-state index contributed by atoms with van der Waals surface area (Å²) in [4.78, 5) is 20.9. The van der Waals surface area contributed by atoms with Gasteiger partial charge in [0.25, 0.3) is 5.69 Å². The molecule has 7 nitrogen and oxygen atoms in total. The number of nitro groups is 1. The summed E-state index contributed by atoms with van der Waals surface area (Å²) < 4.78 is 5.36. The van der Waals surface area contributed by atoms with Gasteiger partial charge in [-0.25, -0.2) is 0 Å². The Morgan fingerprint density at radius 3 is 2.63 bits per heavy atom. The molecule has 1 unspecified atom stereocenters. The van der Waals surface area contributed by atoms with Crippen LogP contribution in [0.1, 0.15) is 17.5 Å². The van der Waals surface area contributed by atoms with Crippen molar-refractivity contribution < 1.29 is 19.6 Å². The number of hydrogen-bond donors (Lipinski definition) is 2. The summed E-state index contributed by atoms with van der Waals surface area (Å²) in [7, 11) is 0. The molecule has 1 aromatic rings. The molecular weight excluding hydrogens is 252 g/mol. The lowest BCUT2D eigenvalue weighted by Gasteiger charge is -2.11. The van der Waals surface area contributed by atoms with Gasteiger partial charge < -0.3 is 15.6 Å². The van der Waals surface area contributed by atoms with Gasteiger partial charge in [-0.3, -0.25) is 14.9 Å². The number of benzene rings is 1. The van der Waals surface area contributed by atoms with E-state index in [-0.39, 0.29) is 18.7 Å². The molecule has 1 atom stereocenters. The van der Waals surface area contributed by atoms with Crippen molar-refractivity contribution in [1.29, 1.82) is 0 Å². The van der Waals surface area contributed by atoms with Crippen molar-refractivity contribution in [1.82, 2.24) is 0 Å². The van der Waals surface area contributed by atoms with Crippen molar-refractivity contribution in [3.05, 3.63) is 33.4 Å². The highest BCUT2D eigenvalue weighted by Gasteiger charge is 2.15. The minimum Gasteiger partial charge on any atom is -0.493 e. The highest BCUT2D eigenvalue weighted by molar-refractivity contribution is 5.72. The second kappa shape index (κ2) is 6.14. The van der Waals surface area contributed by atoms with Gasteiger partial charge in [0.05, 0.1) is 17.6 Å². The van der Waals surface area contributed by atoms with E-state index >= 15 is 0 Å². The minimum absolute atomic E-state index is 0.0249. The fourth-order valence-corrected chi connectivity index (χ4v) is 1.59. The molecule has 0 aliphatic heterocycles. The Labute approximate surface area is 110 Å². The fourth-order valence-electron chi connectivity index (χ4n) is 1.59. The van der Waals surface area contributed by atoms with Crippen LogP contribution in [0.15, 0.2) is 12.1 Å². The molecular formula is C12H16N2O5. The molecule has 3 N–H and O–H groups in total. The molecule has 0 saturated carbocycles. The van der Waals surface area contributed by atoms with Crippen LogP contribution in [0.5, 0.6) is 5.75 Å². The summed E-state index contributed by atoms with van der Waals surface area (Å²) in [5, 5.41) is 19.4. The Hall–Kier alpha value is -2.15. The van der Waals surface area contributed by atoms with Crippen LogP contribution in [0.2, 0.25) is 0 Å². The summed E-state index contributed by atoms with van der Waals surface area (Å²) in [6.45, 7) is 3.51. The van der Waals surface area contributed by atoms with Gasteiger partial charge in [-0.05, 0) is 25.5 Å². The van der Waals surface area contributed by atoms with E-state index in [9.17, 15) is 14.9 Å². The summed E-state index contributed by atoms with van der Waals surface area (Å²) in [6, 6.07) is 2.00. The van der Waals surface area contributed by atoms with E-state index in [2.05, 4.69) is 0 Å². The molecule has 0 bridgehead atoms. The molecule has 0 aromatic heterocycles. The van der Waals surface area contributed by atoms with Crippen molar-refractivity contribution in [3.8, 4) is 5.75 Å². The molecule has 104 valence electrons. The second-order valence-electron chi connectivity index (χ2n) is 4.24. The quantitative estimate of drug-likeness (QED) is 0.595. The number of nitrogens with two attached hydrogens (primary N) is 1. The predicted molar refractivity (Wildman–Crippen MR) is 68.3 cm³/mol. The van der Waals surface area contributed by atoms with E-state index in [1.807, 2.05) is 0 Å². The largest absolute Gasteiger partial charge is 0.493 e. The first-order valence-corrected chi connectivity index (χ1v) is 5.69. The second-order valence-corrected chi connectivity index (χ2v) is 4.24. The normalized spacial score (nSPS) is 11.9. The van der Waals surface area contributed by atoms with E-state index in [1.165, 1.54) is 6.07 Å². The molecule has 1 aromatic carbocycles. The van der Waals surface area contributed by atoms with E-state index < -0.39 is 16.9 Å². The monoisotopic (exact) mass is 268 g/mol. The number of aryl methyl sites for hydroxylation is 2. The fraction of sp³-hybridized carbons (Fsp3) is 0.417. The van der Waals surface area contributed by atoms with Crippen LogP contribution < -0.4 is 10.5 Å². The van der Waals surface area contributed by atoms with Crippen LogP contribution in [0, 0.1) is 24.0 Å². The molecule has 1 rings (SSSR count). The van der Waals surface area contributed by atoms with Gasteiger partial charge in [-0.15, -0.1) is 0 Å².